The fraction of sp³-hybridized carbons (Fsp3) is 0.545. The molecule has 0 spiro atoms. The van der Waals surface area contributed by atoms with Crippen LogP contribution < -0.4 is 0 Å². The summed E-state index contributed by atoms with van der Waals surface area (Å²) in [5.74, 6) is 0. The van der Waals surface area contributed by atoms with Gasteiger partial charge in [0.1, 0.15) is 0 Å². The van der Waals surface area contributed by atoms with Crippen molar-refractivity contribution in [2.45, 2.75) is 72.6 Å². The van der Waals surface area contributed by atoms with Crippen LogP contribution in [0, 0.1) is 0 Å². The van der Waals surface area contributed by atoms with Crippen LogP contribution in [-0.4, -0.2) is 21.3 Å². The molecule has 0 aromatic carbocycles. The molecule has 0 bridgehead atoms. The third-order valence-electron chi connectivity index (χ3n) is 4.31. The lowest BCUT2D eigenvalue weighted by Gasteiger charge is -2.11. The zero-order valence-corrected chi connectivity index (χ0v) is 20.9. The molecule has 0 amide bonds. The van der Waals surface area contributed by atoms with Gasteiger partial charge in [-0.05, 0) is 72.6 Å². The summed E-state index contributed by atoms with van der Waals surface area (Å²) in [6.45, 7) is 11.8. The zero-order valence-electron chi connectivity index (χ0n) is 19.1. The number of phosphoric ester groups is 1. The van der Waals surface area contributed by atoms with Crippen molar-refractivity contribution in [3.63, 3.8) is 0 Å². The third-order valence-corrected chi connectivity index (χ3v) is 6.46. The standard InChI is InChI=1S/C22H38O7P2/c1-6-10-22(15-8-13-20(4)12-7-11-19(2)3)16-9-14-21(5)17-18-28-31(26,27)29-30(23,24)25/h6,11,13,16-17H,1,7-10,12,14-15,18H2,2-5H3,(H,26,27)(H2,23,24,25)/b20-13+,21-17+,22-16-. The van der Waals surface area contributed by atoms with Gasteiger partial charge in [0, 0.05) is 0 Å². The van der Waals surface area contributed by atoms with Gasteiger partial charge in [0.25, 0.3) is 0 Å². The summed E-state index contributed by atoms with van der Waals surface area (Å²) in [7, 11) is -9.89. The number of allylic oxidation sites excluding steroid dienone is 8. The summed E-state index contributed by atoms with van der Waals surface area (Å²) in [6, 6.07) is 0. The molecule has 0 saturated heterocycles. The van der Waals surface area contributed by atoms with Gasteiger partial charge >= 0.3 is 15.6 Å². The highest BCUT2D eigenvalue weighted by Crippen LogP contribution is 2.57. The van der Waals surface area contributed by atoms with Crippen LogP contribution in [0.15, 0.2) is 59.3 Å². The quantitative estimate of drug-likeness (QED) is 0.164. The first kappa shape index (κ1) is 30.0. The zero-order chi connectivity index (χ0) is 23.9. The maximum atomic E-state index is 11.4. The van der Waals surface area contributed by atoms with Gasteiger partial charge < -0.3 is 14.7 Å². The highest BCUT2D eigenvalue weighted by atomic mass is 31.3. The molecule has 3 N–H and O–H groups in total. The van der Waals surface area contributed by atoms with Crippen molar-refractivity contribution in [3.05, 3.63) is 59.3 Å². The first-order valence-electron chi connectivity index (χ1n) is 10.3. The SMILES string of the molecule is C=CC/C(=C/CC/C(C)=C/COP(=O)(O)OP(=O)(O)O)CC/C=C(\C)CCC=C(C)C. The smallest absolute Gasteiger partial charge is 0.302 e. The Labute approximate surface area is 187 Å². The van der Waals surface area contributed by atoms with Gasteiger partial charge in [-0.2, -0.15) is 4.31 Å². The van der Waals surface area contributed by atoms with E-state index in [0.29, 0.717) is 0 Å². The lowest BCUT2D eigenvalue weighted by molar-refractivity contribution is 0.191. The lowest BCUT2D eigenvalue weighted by Crippen LogP contribution is -1.94. The molecule has 0 aliphatic rings. The second-order valence-electron chi connectivity index (χ2n) is 7.69. The molecule has 0 aliphatic heterocycles. The van der Waals surface area contributed by atoms with Gasteiger partial charge in [0.05, 0.1) is 6.61 Å². The molecule has 9 heteroatoms. The lowest BCUT2D eigenvalue weighted by atomic mass is 10.0. The second kappa shape index (κ2) is 15.7. The Morgan fingerprint density at radius 3 is 1.94 bits per heavy atom. The minimum atomic E-state index is -5.09. The normalized spacial score (nSPS) is 15.5. The molecule has 0 rings (SSSR count). The van der Waals surface area contributed by atoms with E-state index in [0.717, 1.165) is 50.5 Å². The minimum absolute atomic E-state index is 0.278. The van der Waals surface area contributed by atoms with E-state index < -0.39 is 15.6 Å². The van der Waals surface area contributed by atoms with Gasteiger partial charge in [-0.3, -0.25) is 4.52 Å². The Hall–Kier alpha value is -1.04. The summed E-state index contributed by atoms with van der Waals surface area (Å²) in [4.78, 5) is 26.4. The molecular formula is C22H38O7P2. The summed E-state index contributed by atoms with van der Waals surface area (Å²) in [6.07, 6.45) is 16.7. The van der Waals surface area contributed by atoms with E-state index >= 15 is 0 Å². The number of hydrogen-bond acceptors (Lipinski definition) is 4. The summed E-state index contributed by atoms with van der Waals surface area (Å²) >= 11 is 0. The highest BCUT2D eigenvalue weighted by Gasteiger charge is 2.31. The molecule has 1 unspecified atom stereocenters. The molecule has 7 nitrogen and oxygen atoms in total. The van der Waals surface area contributed by atoms with E-state index in [4.69, 9.17) is 9.79 Å². The van der Waals surface area contributed by atoms with Crippen molar-refractivity contribution < 1.29 is 32.6 Å². The van der Waals surface area contributed by atoms with Gasteiger partial charge in [0.15, 0.2) is 0 Å². The first-order chi connectivity index (χ1) is 14.3. The Kier molecular flexibility index (Phi) is 15.2. The molecule has 0 saturated carbocycles. The van der Waals surface area contributed by atoms with Crippen LogP contribution in [0.25, 0.3) is 0 Å². The number of rotatable bonds is 16. The molecule has 178 valence electrons. The van der Waals surface area contributed by atoms with E-state index in [2.05, 4.69) is 54.4 Å². The van der Waals surface area contributed by atoms with E-state index in [-0.39, 0.29) is 6.61 Å². The van der Waals surface area contributed by atoms with Crippen LogP contribution in [0.2, 0.25) is 0 Å². The van der Waals surface area contributed by atoms with E-state index in [1.54, 1.807) is 6.08 Å². The van der Waals surface area contributed by atoms with Gasteiger partial charge in [0.2, 0.25) is 0 Å². The summed E-state index contributed by atoms with van der Waals surface area (Å²) < 4.78 is 30.3. The topological polar surface area (TPSA) is 113 Å². The summed E-state index contributed by atoms with van der Waals surface area (Å²) in [5, 5.41) is 0. The predicted octanol–water partition coefficient (Wildman–Crippen LogP) is 6.91. The molecule has 0 aromatic heterocycles. The van der Waals surface area contributed by atoms with Crippen molar-refractivity contribution in [3.8, 4) is 0 Å². The van der Waals surface area contributed by atoms with E-state index in [1.165, 1.54) is 16.7 Å². The average molecular weight is 476 g/mol. The second-order valence-corrected chi connectivity index (χ2v) is 10.5. The van der Waals surface area contributed by atoms with Crippen LogP contribution in [0.3, 0.4) is 0 Å². The Balaban J connectivity index is 4.50. The molecule has 0 fully saturated rings. The number of phosphoric acid groups is 2. The van der Waals surface area contributed by atoms with E-state index in [9.17, 15) is 14.0 Å². The first-order valence-corrected chi connectivity index (χ1v) is 13.3. The van der Waals surface area contributed by atoms with Crippen LogP contribution in [0.1, 0.15) is 72.6 Å². The van der Waals surface area contributed by atoms with Crippen LogP contribution in [-0.2, 0) is 18.0 Å². The van der Waals surface area contributed by atoms with Crippen molar-refractivity contribution in [2.75, 3.05) is 6.61 Å². The van der Waals surface area contributed by atoms with Gasteiger partial charge in [-0.25, -0.2) is 9.13 Å². The third kappa shape index (κ3) is 19.4. The Morgan fingerprint density at radius 2 is 1.39 bits per heavy atom. The van der Waals surface area contributed by atoms with Crippen molar-refractivity contribution in [1.29, 1.82) is 0 Å². The molecule has 0 radical (unpaired) electrons. The monoisotopic (exact) mass is 476 g/mol. The summed E-state index contributed by atoms with van der Waals surface area (Å²) in [5.41, 5.74) is 5.00. The molecule has 0 heterocycles. The Bertz CT molecular complexity index is 769. The fourth-order valence-corrected chi connectivity index (χ4v) is 4.23. The van der Waals surface area contributed by atoms with Crippen LogP contribution >= 0.6 is 15.6 Å². The Morgan fingerprint density at radius 1 is 0.839 bits per heavy atom. The van der Waals surface area contributed by atoms with Crippen molar-refractivity contribution >= 4 is 15.6 Å². The largest absolute Gasteiger partial charge is 0.481 e. The molecule has 0 aliphatic carbocycles. The molecule has 31 heavy (non-hydrogen) atoms. The van der Waals surface area contributed by atoms with Crippen LogP contribution in [0.4, 0.5) is 0 Å². The minimum Gasteiger partial charge on any atom is -0.302 e. The van der Waals surface area contributed by atoms with Crippen LogP contribution in [0.5, 0.6) is 0 Å². The van der Waals surface area contributed by atoms with Crippen molar-refractivity contribution in [1.82, 2.24) is 0 Å². The van der Waals surface area contributed by atoms with Gasteiger partial charge in [-0.1, -0.05) is 52.7 Å². The molecule has 1 atom stereocenters. The molecule has 0 aromatic rings. The maximum absolute atomic E-state index is 11.4. The molecular weight excluding hydrogens is 438 g/mol. The van der Waals surface area contributed by atoms with Gasteiger partial charge in [-0.15, -0.1) is 6.58 Å². The van der Waals surface area contributed by atoms with E-state index in [1.807, 2.05) is 13.0 Å². The fourth-order valence-electron chi connectivity index (χ4n) is 2.71. The number of hydrogen-bond donors (Lipinski definition) is 3. The highest BCUT2D eigenvalue weighted by molar-refractivity contribution is 7.60. The predicted molar refractivity (Wildman–Crippen MR) is 126 cm³/mol. The average Bonchev–Trinajstić information content (AvgIpc) is 2.59. The van der Waals surface area contributed by atoms with Crippen molar-refractivity contribution in [2.24, 2.45) is 0 Å². The maximum Gasteiger partial charge on any atom is 0.481 e.